The number of hydrogen-bond donors (Lipinski definition) is 1. The first kappa shape index (κ1) is 13.5. The Hall–Kier alpha value is -1.56. The van der Waals surface area contributed by atoms with E-state index in [4.69, 9.17) is 9.84 Å². The Morgan fingerprint density at radius 2 is 2.24 bits per heavy atom. The molecule has 94 valence electrons. The smallest absolute Gasteiger partial charge is 0.303 e. The van der Waals surface area contributed by atoms with Crippen molar-refractivity contribution in [1.82, 2.24) is 4.90 Å². The molecule has 0 unspecified atom stereocenters. The fourth-order valence-electron chi connectivity index (χ4n) is 1.36. The number of amides is 1. The van der Waals surface area contributed by atoms with Crippen LogP contribution in [0.15, 0.2) is 11.4 Å². The first-order valence-electron chi connectivity index (χ1n) is 5.15. The topological polar surface area (TPSA) is 66.8 Å². The lowest BCUT2D eigenvalue weighted by Crippen LogP contribution is -2.27. The molecule has 0 saturated heterocycles. The molecular formula is C11H15NO4S. The lowest BCUT2D eigenvalue weighted by molar-refractivity contribution is -0.137. The summed E-state index contributed by atoms with van der Waals surface area (Å²) in [5.74, 6) is -0.424. The number of methoxy groups -OCH3 is 1. The minimum absolute atomic E-state index is 0.0686. The lowest BCUT2D eigenvalue weighted by Gasteiger charge is -2.16. The Morgan fingerprint density at radius 1 is 1.53 bits per heavy atom. The molecule has 0 aromatic carbocycles. The number of carboxylic acid groups (broad SMARTS) is 1. The van der Waals surface area contributed by atoms with Crippen LogP contribution in [0.2, 0.25) is 0 Å². The van der Waals surface area contributed by atoms with Crippen molar-refractivity contribution in [3.05, 3.63) is 16.3 Å². The van der Waals surface area contributed by atoms with Crippen LogP contribution >= 0.6 is 11.3 Å². The van der Waals surface area contributed by atoms with Crippen LogP contribution in [0.5, 0.6) is 5.75 Å². The first-order valence-corrected chi connectivity index (χ1v) is 6.03. The van der Waals surface area contributed by atoms with Crippen molar-refractivity contribution in [2.75, 3.05) is 20.7 Å². The fourth-order valence-corrected chi connectivity index (χ4v) is 2.21. The van der Waals surface area contributed by atoms with E-state index in [0.29, 0.717) is 23.6 Å². The van der Waals surface area contributed by atoms with Crippen LogP contribution in [0.3, 0.4) is 0 Å². The second kappa shape index (κ2) is 6.24. The Labute approximate surface area is 104 Å². The van der Waals surface area contributed by atoms with Gasteiger partial charge in [0.15, 0.2) is 0 Å². The molecule has 0 aliphatic heterocycles. The van der Waals surface area contributed by atoms with Gasteiger partial charge < -0.3 is 14.7 Å². The zero-order chi connectivity index (χ0) is 12.8. The summed E-state index contributed by atoms with van der Waals surface area (Å²) in [5, 5.41) is 10.3. The van der Waals surface area contributed by atoms with Crippen molar-refractivity contribution in [3.8, 4) is 5.75 Å². The number of thiophene rings is 1. The summed E-state index contributed by atoms with van der Waals surface area (Å²) in [7, 11) is 3.17. The molecule has 0 radical (unpaired) electrons. The fraction of sp³-hybridized carbons (Fsp3) is 0.455. The minimum Gasteiger partial charge on any atom is -0.495 e. The maximum absolute atomic E-state index is 12.0. The molecule has 0 spiro atoms. The van der Waals surface area contributed by atoms with Crippen LogP contribution in [0.25, 0.3) is 0 Å². The van der Waals surface area contributed by atoms with E-state index in [9.17, 15) is 9.59 Å². The molecule has 5 nitrogen and oxygen atoms in total. The molecule has 0 bridgehead atoms. The number of carbonyl (C=O) groups excluding carboxylic acids is 1. The van der Waals surface area contributed by atoms with Gasteiger partial charge in [0.1, 0.15) is 10.6 Å². The number of hydrogen-bond acceptors (Lipinski definition) is 4. The average molecular weight is 257 g/mol. The van der Waals surface area contributed by atoms with Crippen LogP contribution in [-0.2, 0) is 4.79 Å². The number of rotatable bonds is 6. The number of aliphatic carboxylic acids is 1. The van der Waals surface area contributed by atoms with Gasteiger partial charge in [-0.15, -0.1) is 11.3 Å². The van der Waals surface area contributed by atoms with Gasteiger partial charge in [0, 0.05) is 20.0 Å². The largest absolute Gasteiger partial charge is 0.495 e. The van der Waals surface area contributed by atoms with Gasteiger partial charge >= 0.3 is 5.97 Å². The van der Waals surface area contributed by atoms with E-state index in [2.05, 4.69) is 0 Å². The van der Waals surface area contributed by atoms with E-state index in [1.807, 2.05) is 0 Å². The second-order valence-corrected chi connectivity index (χ2v) is 4.46. The Morgan fingerprint density at radius 3 is 2.82 bits per heavy atom. The van der Waals surface area contributed by atoms with Crippen molar-refractivity contribution < 1.29 is 19.4 Å². The number of carboxylic acids is 1. The van der Waals surface area contributed by atoms with Crippen LogP contribution in [0, 0.1) is 0 Å². The molecule has 0 fully saturated rings. The highest BCUT2D eigenvalue weighted by Crippen LogP contribution is 2.25. The molecule has 0 aliphatic rings. The van der Waals surface area contributed by atoms with Gasteiger partial charge in [-0.25, -0.2) is 0 Å². The van der Waals surface area contributed by atoms with Crippen molar-refractivity contribution in [1.29, 1.82) is 0 Å². The van der Waals surface area contributed by atoms with Crippen molar-refractivity contribution >= 4 is 23.2 Å². The number of ether oxygens (including phenoxy) is 1. The third-order valence-electron chi connectivity index (χ3n) is 2.27. The van der Waals surface area contributed by atoms with E-state index in [-0.39, 0.29) is 12.3 Å². The van der Waals surface area contributed by atoms with Crippen LogP contribution < -0.4 is 4.74 Å². The molecule has 17 heavy (non-hydrogen) atoms. The monoisotopic (exact) mass is 257 g/mol. The van der Waals surface area contributed by atoms with Crippen LogP contribution in [0.1, 0.15) is 22.5 Å². The molecule has 6 heteroatoms. The third kappa shape index (κ3) is 3.74. The van der Waals surface area contributed by atoms with Crippen LogP contribution in [0.4, 0.5) is 0 Å². The molecule has 1 aromatic rings. The van der Waals surface area contributed by atoms with Gasteiger partial charge in [-0.3, -0.25) is 9.59 Å². The molecule has 0 saturated carbocycles. The van der Waals surface area contributed by atoms with Gasteiger partial charge in [-0.05, 0) is 17.9 Å². The molecule has 0 aliphatic carbocycles. The lowest BCUT2D eigenvalue weighted by atomic mass is 10.3. The van der Waals surface area contributed by atoms with Gasteiger partial charge in [0.25, 0.3) is 5.91 Å². The standard InChI is InChI=1S/C11H15NO4S/c1-12(6-3-4-9(13)14)11(15)10-8(16-2)5-7-17-10/h5,7H,3-4,6H2,1-2H3,(H,13,14). The Kier molecular flexibility index (Phi) is 4.96. The summed E-state index contributed by atoms with van der Waals surface area (Å²) < 4.78 is 5.07. The second-order valence-electron chi connectivity index (χ2n) is 3.54. The minimum atomic E-state index is -0.848. The van der Waals surface area contributed by atoms with Crippen LogP contribution in [-0.4, -0.2) is 42.6 Å². The van der Waals surface area contributed by atoms with Crippen molar-refractivity contribution in [3.63, 3.8) is 0 Å². The Bertz CT molecular complexity index is 402. The van der Waals surface area contributed by atoms with Crippen molar-refractivity contribution in [2.45, 2.75) is 12.8 Å². The third-order valence-corrected chi connectivity index (χ3v) is 3.16. The number of nitrogens with zero attached hydrogens (tertiary/aromatic N) is 1. The Balaban J connectivity index is 2.54. The van der Waals surface area contributed by atoms with E-state index in [1.54, 1.807) is 18.5 Å². The summed E-state index contributed by atoms with van der Waals surface area (Å²) in [6.45, 7) is 0.423. The maximum Gasteiger partial charge on any atom is 0.303 e. The molecule has 0 atom stereocenters. The molecule has 1 amide bonds. The van der Waals surface area contributed by atoms with E-state index < -0.39 is 5.97 Å². The van der Waals surface area contributed by atoms with E-state index in [0.717, 1.165) is 0 Å². The van der Waals surface area contributed by atoms with Gasteiger partial charge in [-0.2, -0.15) is 0 Å². The summed E-state index contributed by atoms with van der Waals surface area (Å²) in [4.78, 5) is 24.4. The zero-order valence-electron chi connectivity index (χ0n) is 9.80. The predicted octanol–water partition coefficient (Wildman–Crippen LogP) is 1.69. The highest BCUT2D eigenvalue weighted by Gasteiger charge is 2.17. The average Bonchev–Trinajstić information content (AvgIpc) is 2.75. The summed E-state index contributed by atoms with van der Waals surface area (Å²) in [5.41, 5.74) is 0. The molecule has 1 rings (SSSR count). The normalized spacial score (nSPS) is 10.0. The zero-order valence-corrected chi connectivity index (χ0v) is 10.6. The maximum atomic E-state index is 12.0. The van der Waals surface area contributed by atoms with E-state index in [1.165, 1.54) is 23.3 Å². The van der Waals surface area contributed by atoms with E-state index >= 15 is 0 Å². The first-order chi connectivity index (χ1) is 8.06. The molecule has 1 aromatic heterocycles. The van der Waals surface area contributed by atoms with Crippen molar-refractivity contribution in [2.24, 2.45) is 0 Å². The summed E-state index contributed by atoms with van der Waals surface area (Å²) in [6.07, 6.45) is 0.518. The number of carbonyl (C=O) groups is 2. The SMILES string of the molecule is COc1ccsc1C(=O)N(C)CCCC(=O)O. The highest BCUT2D eigenvalue weighted by atomic mass is 32.1. The summed E-state index contributed by atoms with van der Waals surface area (Å²) >= 11 is 1.32. The highest BCUT2D eigenvalue weighted by molar-refractivity contribution is 7.12. The van der Waals surface area contributed by atoms with Gasteiger partial charge in [0.2, 0.25) is 0 Å². The molecule has 1 N–H and O–H groups in total. The summed E-state index contributed by atoms with van der Waals surface area (Å²) in [6, 6.07) is 1.74. The van der Waals surface area contributed by atoms with Gasteiger partial charge in [0.05, 0.1) is 7.11 Å². The molecular weight excluding hydrogens is 242 g/mol. The van der Waals surface area contributed by atoms with Gasteiger partial charge in [-0.1, -0.05) is 0 Å². The quantitative estimate of drug-likeness (QED) is 0.842. The molecule has 1 heterocycles. The predicted molar refractivity (Wildman–Crippen MR) is 64.7 cm³/mol.